The molecule has 4 nitrogen and oxygen atoms in total. The molecule has 1 aliphatic heterocycles. The first-order valence-corrected chi connectivity index (χ1v) is 7.17. The normalized spacial score (nSPS) is 16.0. The molecule has 1 fully saturated rings. The lowest BCUT2D eigenvalue weighted by atomic mass is 9.99. The topological polar surface area (TPSA) is 40.6 Å². The Balaban J connectivity index is 1.89. The summed E-state index contributed by atoms with van der Waals surface area (Å²) < 4.78 is 0. The van der Waals surface area contributed by atoms with Crippen LogP contribution in [0.4, 0.5) is 5.69 Å². The zero-order chi connectivity index (χ0) is 14.5. The second-order valence-electron chi connectivity index (χ2n) is 5.53. The van der Waals surface area contributed by atoms with E-state index in [0.29, 0.717) is 5.92 Å². The number of piperidine rings is 1. The first-order chi connectivity index (χ1) is 9.58. The molecule has 20 heavy (non-hydrogen) atoms. The monoisotopic (exact) mass is 274 g/mol. The van der Waals surface area contributed by atoms with Gasteiger partial charge < -0.3 is 9.80 Å². The van der Waals surface area contributed by atoms with E-state index in [1.54, 1.807) is 11.9 Å². The zero-order valence-corrected chi connectivity index (χ0v) is 12.2. The molecule has 0 N–H and O–H groups in total. The van der Waals surface area contributed by atoms with Crippen LogP contribution in [0.25, 0.3) is 0 Å². The van der Waals surface area contributed by atoms with Gasteiger partial charge in [-0.05, 0) is 30.9 Å². The number of likely N-dealkylation sites (tertiary alicyclic amines) is 1. The minimum atomic E-state index is -0.153. The molecule has 0 unspecified atom stereocenters. The molecule has 0 radical (unpaired) electrons. The van der Waals surface area contributed by atoms with Gasteiger partial charge in [-0.1, -0.05) is 25.1 Å². The van der Waals surface area contributed by atoms with Gasteiger partial charge in [0.05, 0.1) is 0 Å². The van der Waals surface area contributed by atoms with Gasteiger partial charge in [0, 0.05) is 25.8 Å². The Bertz CT molecular complexity index is 465. The van der Waals surface area contributed by atoms with E-state index in [1.165, 1.54) is 0 Å². The van der Waals surface area contributed by atoms with E-state index in [0.717, 1.165) is 31.6 Å². The largest absolute Gasteiger partial charge is 0.342 e. The third-order valence-electron chi connectivity index (χ3n) is 3.96. The summed E-state index contributed by atoms with van der Waals surface area (Å²) in [5, 5.41) is 0. The number of hydrogen-bond donors (Lipinski definition) is 0. The molecule has 2 rings (SSSR count). The zero-order valence-electron chi connectivity index (χ0n) is 12.2. The number of rotatable bonds is 3. The molecule has 2 amide bonds. The first kappa shape index (κ1) is 14.6. The van der Waals surface area contributed by atoms with Crippen LogP contribution in [0.3, 0.4) is 0 Å². The summed E-state index contributed by atoms with van der Waals surface area (Å²) >= 11 is 0. The lowest BCUT2D eigenvalue weighted by molar-refractivity contribution is -0.136. The maximum Gasteiger partial charge on any atom is 0.236 e. The maximum atomic E-state index is 12.1. The van der Waals surface area contributed by atoms with Crippen molar-refractivity contribution < 1.29 is 9.59 Å². The minimum absolute atomic E-state index is 0.0419. The van der Waals surface area contributed by atoms with Crippen molar-refractivity contribution in [3.63, 3.8) is 0 Å². The number of carbonyl (C=O) groups is 2. The number of para-hydroxylation sites is 1. The van der Waals surface area contributed by atoms with Crippen LogP contribution in [0.15, 0.2) is 30.3 Å². The van der Waals surface area contributed by atoms with Gasteiger partial charge in [0.1, 0.15) is 6.42 Å². The molecule has 1 aromatic carbocycles. The van der Waals surface area contributed by atoms with E-state index in [1.807, 2.05) is 35.2 Å². The average Bonchev–Trinajstić information content (AvgIpc) is 2.48. The van der Waals surface area contributed by atoms with Crippen molar-refractivity contribution in [3.05, 3.63) is 30.3 Å². The van der Waals surface area contributed by atoms with E-state index < -0.39 is 0 Å². The summed E-state index contributed by atoms with van der Waals surface area (Å²) in [6, 6.07) is 9.40. The predicted octanol–water partition coefficient (Wildman–Crippen LogP) is 2.30. The molecule has 108 valence electrons. The number of nitrogens with zero attached hydrogens (tertiary/aromatic N) is 2. The van der Waals surface area contributed by atoms with Crippen LogP contribution in [0.5, 0.6) is 0 Å². The Morgan fingerprint density at radius 3 is 2.40 bits per heavy atom. The molecular formula is C16H22N2O2. The second kappa shape index (κ2) is 6.55. The SMILES string of the molecule is CC1CCN(C(=O)CC(=O)N(C)c2ccccc2)CC1. The van der Waals surface area contributed by atoms with Crippen molar-refractivity contribution in [1.29, 1.82) is 0 Å². The molecule has 1 heterocycles. The summed E-state index contributed by atoms with van der Waals surface area (Å²) in [5.74, 6) is 0.478. The Kier molecular flexibility index (Phi) is 4.77. The van der Waals surface area contributed by atoms with Gasteiger partial charge in [-0.2, -0.15) is 0 Å². The van der Waals surface area contributed by atoms with Crippen molar-refractivity contribution in [3.8, 4) is 0 Å². The smallest absolute Gasteiger partial charge is 0.236 e. The molecule has 1 aromatic rings. The quantitative estimate of drug-likeness (QED) is 0.794. The fourth-order valence-electron chi connectivity index (χ4n) is 2.41. The molecular weight excluding hydrogens is 252 g/mol. The average molecular weight is 274 g/mol. The minimum Gasteiger partial charge on any atom is -0.342 e. The molecule has 0 bridgehead atoms. The lowest BCUT2D eigenvalue weighted by Crippen LogP contribution is -2.40. The number of anilines is 1. The molecule has 1 saturated heterocycles. The third-order valence-corrected chi connectivity index (χ3v) is 3.96. The molecule has 4 heteroatoms. The van der Waals surface area contributed by atoms with Crippen LogP contribution in [0.2, 0.25) is 0 Å². The van der Waals surface area contributed by atoms with E-state index >= 15 is 0 Å². The van der Waals surface area contributed by atoms with Gasteiger partial charge >= 0.3 is 0 Å². The molecule has 0 aromatic heterocycles. The van der Waals surface area contributed by atoms with Crippen LogP contribution in [-0.2, 0) is 9.59 Å². The van der Waals surface area contributed by atoms with Gasteiger partial charge in [-0.3, -0.25) is 9.59 Å². The summed E-state index contributed by atoms with van der Waals surface area (Å²) in [4.78, 5) is 27.6. The van der Waals surface area contributed by atoms with Crippen molar-refractivity contribution in [2.24, 2.45) is 5.92 Å². The van der Waals surface area contributed by atoms with Gasteiger partial charge in [0.15, 0.2) is 0 Å². The number of benzene rings is 1. The van der Waals surface area contributed by atoms with Crippen molar-refractivity contribution in [2.45, 2.75) is 26.2 Å². The van der Waals surface area contributed by atoms with E-state index in [2.05, 4.69) is 6.92 Å². The van der Waals surface area contributed by atoms with E-state index in [4.69, 9.17) is 0 Å². The highest BCUT2D eigenvalue weighted by molar-refractivity contribution is 6.04. The van der Waals surface area contributed by atoms with Gasteiger partial charge in [0.25, 0.3) is 0 Å². The number of amides is 2. The van der Waals surface area contributed by atoms with Crippen LogP contribution in [0.1, 0.15) is 26.2 Å². The molecule has 0 spiro atoms. The van der Waals surface area contributed by atoms with Crippen molar-refractivity contribution in [2.75, 3.05) is 25.0 Å². The Hall–Kier alpha value is -1.84. The molecule has 1 aliphatic rings. The van der Waals surface area contributed by atoms with Crippen LogP contribution in [0, 0.1) is 5.92 Å². The highest BCUT2D eigenvalue weighted by Crippen LogP contribution is 2.17. The standard InChI is InChI=1S/C16H22N2O2/c1-13-8-10-18(11-9-13)16(20)12-15(19)17(2)14-6-4-3-5-7-14/h3-7,13H,8-12H2,1-2H3. The summed E-state index contributed by atoms with van der Waals surface area (Å²) in [7, 11) is 1.71. The predicted molar refractivity (Wildman–Crippen MR) is 79.4 cm³/mol. The number of hydrogen-bond acceptors (Lipinski definition) is 2. The first-order valence-electron chi connectivity index (χ1n) is 7.17. The second-order valence-corrected chi connectivity index (χ2v) is 5.53. The van der Waals surface area contributed by atoms with E-state index in [9.17, 15) is 9.59 Å². The highest BCUT2D eigenvalue weighted by atomic mass is 16.2. The van der Waals surface area contributed by atoms with Crippen LogP contribution < -0.4 is 4.90 Å². The van der Waals surface area contributed by atoms with Crippen LogP contribution >= 0.6 is 0 Å². The van der Waals surface area contributed by atoms with Crippen molar-refractivity contribution >= 4 is 17.5 Å². The summed E-state index contributed by atoms with van der Waals surface area (Å²) in [6.45, 7) is 3.76. The fraction of sp³-hybridized carbons (Fsp3) is 0.500. The maximum absolute atomic E-state index is 12.1. The van der Waals surface area contributed by atoms with Crippen LogP contribution in [-0.4, -0.2) is 36.9 Å². The molecule has 0 atom stereocenters. The Morgan fingerprint density at radius 2 is 1.80 bits per heavy atom. The van der Waals surface area contributed by atoms with Gasteiger partial charge in [0.2, 0.25) is 11.8 Å². The van der Waals surface area contributed by atoms with Gasteiger partial charge in [-0.15, -0.1) is 0 Å². The third kappa shape index (κ3) is 3.59. The molecule has 0 aliphatic carbocycles. The Morgan fingerprint density at radius 1 is 1.20 bits per heavy atom. The lowest BCUT2D eigenvalue weighted by Gasteiger charge is -2.30. The van der Waals surface area contributed by atoms with E-state index in [-0.39, 0.29) is 18.2 Å². The molecule has 0 saturated carbocycles. The summed E-state index contributed by atoms with van der Waals surface area (Å²) in [5.41, 5.74) is 0.817. The van der Waals surface area contributed by atoms with Crippen molar-refractivity contribution in [1.82, 2.24) is 4.90 Å². The highest BCUT2D eigenvalue weighted by Gasteiger charge is 2.23. The summed E-state index contributed by atoms with van der Waals surface area (Å²) in [6.07, 6.45) is 2.03. The number of carbonyl (C=O) groups excluding carboxylic acids is 2. The van der Waals surface area contributed by atoms with Gasteiger partial charge in [-0.25, -0.2) is 0 Å². The fourth-order valence-corrected chi connectivity index (χ4v) is 2.41. The Labute approximate surface area is 120 Å².